The van der Waals surface area contributed by atoms with E-state index in [1.54, 1.807) is 19.6 Å². The molecular formula is C23H26N2O4S. The van der Waals surface area contributed by atoms with Crippen LogP contribution in [0.5, 0.6) is 17.2 Å². The summed E-state index contributed by atoms with van der Waals surface area (Å²) >= 11 is 1.42. The lowest BCUT2D eigenvalue weighted by Crippen LogP contribution is -2.25. The van der Waals surface area contributed by atoms with Crippen LogP contribution in [0.4, 0.5) is 0 Å². The van der Waals surface area contributed by atoms with E-state index >= 15 is 0 Å². The van der Waals surface area contributed by atoms with Gasteiger partial charge in [0.25, 0.3) is 5.91 Å². The summed E-state index contributed by atoms with van der Waals surface area (Å²) in [5.74, 6) is 1.96. The Morgan fingerprint density at radius 1 is 1.07 bits per heavy atom. The Balaban J connectivity index is 1.61. The summed E-state index contributed by atoms with van der Waals surface area (Å²) < 4.78 is 16.3. The highest BCUT2D eigenvalue weighted by Gasteiger charge is 2.14. The van der Waals surface area contributed by atoms with Gasteiger partial charge in [-0.3, -0.25) is 4.79 Å². The fourth-order valence-corrected chi connectivity index (χ4v) is 3.66. The number of ether oxygens (including phenoxy) is 3. The van der Waals surface area contributed by atoms with Gasteiger partial charge in [-0.25, -0.2) is 4.98 Å². The molecule has 158 valence electrons. The number of carbonyl (C=O) groups is 1. The van der Waals surface area contributed by atoms with Gasteiger partial charge >= 0.3 is 0 Å². The molecule has 7 heteroatoms. The molecule has 0 fully saturated rings. The van der Waals surface area contributed by atoms with Gasteiger partial charge in [0.05, 0.1) is 20.3 Å². The SMILES string of the molecule is COc1ccc(CCNC(=O)c2csc(-c3ccc(OC(C)C)c(OC)c3)n2)cc1. The Morgan fingerprint density at radius 3 is 2.50 bits per heavy atom. The van der Waals surface area contributed by atoms with Crippen LogP contribution < -0.4 is 19.5 Å². The molecule has 1 N–H and O–H groups in total. The van der Waals surface area contributed by atoms with Crippen LogP contribution in [0.3, 0.4) is 0 Å². The number of aromatic nitrogens is 1. The van der Waals surface area contributed by atoms with Gasteiger partial charge in [0.15, 0.2) is 11.5 Å². The molecule has 0 aliphatic heterocycles. The summed E-state index contributed by atoms with van der Waals surface area (Å²) in [6.45, 7) is 4.47. The molecule has 6 nitrogen and oxygen atoms in total. The highest BCUT2D eigenvalue weighted by molar-refractivity contribution is 7.13. The molecule has 0 atom stereocenters. The standard InChI is InChI=1S/C23H26N2O4S/c1-15(2)29-20-10-7-17(13-21(20)28-4)23-25-19(14-30-23)22(26)24-12-11-16-5-8-18(27-3)9-6-16/h5-10,13-15H,11-12H2,1-4H3,(H,24,26). The van der Waals surface area contributed by atoms with Gasteiger partial charge < -0.3 is 19.5 Å². The van der Waals surface area contributed by atoms with Crippen molar-refractivity contribution in [2.75, 3.05) is 20.8 Å². The van der Waals surface area contributed by atoms with Crippen LogP contribution in [-0.4, -0.2) is 37.8 Å². The van der Waals surface area contributed by atoms with Gasteiger partial charge in [-0.15, -0.1) is 11.3 Å². The second-order valence-corrected chi connectivity index (χ2v) is 7.78. The molecule has 1 aromatic heterocycles. The third-order valence-corrected chi connectivity index (χ3v) is 5.26. The van der Waals surface area contributed by atoms with Crippen LogP contribution >= 0.6 is 11.3 Å². The van der Waals surface area contributed by atoms with Crippen LogP contribution in [0.25, 0.3) is 10.6 Å². The second kappa shape index (κ2) is 10.1. The normalized spacial score (nSPS) is 10.7. The van der Waals surface area contributed by atoms with Crippen molar-refractivity contribution in [3.05, 3.63) is 59.1 Å². The fraction of sp³-hybridized carbons (Fsp3) is 0.304. The van der Waals surface area contributed by atoms with Crippen LogP contribution in [0, 0.1) is 0 Å². The van der Waals surface area contributed by atoms with Crippen molar-refractivity contribution in [3.63, 3.8) is 0 Å². The van der Waals surface area contributed by atoms with Gasteiger partial charge in [-0.05, 0) is 56.2 Å². The van der Waals surface area contributed by atoms with Gasteiger partial charge in [-0.1, -0.05) is 12.1 Å². The predicted molar refractivity (Wildman–Crippen MR) is 119 cm³/mol. The molecule has 1 amide bonds. The molecule has 0 saturated carbocycles. The van der Waals surface area contributed by atoms with Crippen LogP contribution in [0.1, 0.15) is 29.9 Å². The van der Waals surface area contributed by atoms with Crippen molar-refractivity contribution >= 4 is 17.2 Å². The molecule has 0 saturated heterocycles. The van der Waals surface area contributed by atoms with Crippen molar-refractivity contribution in [3.8, 4) is 27.8 Å². The molecule has 3 rings (SSSR count). The van der Waals surface area contributed by atoms with Crippen molar-refractivity contribution in [1.29, 1.82) is 0 Å². The number of hydrogen-bond acceptors (Lipinski definition) is 6. The summed E-state index contributed by atoms with van der Waals surface area (Å²) in [6.07, 6.45) is 0.791. The van der Waals surface area contributed by atoms with Gasteiger partial charge in [0.1, 0.15) is 16.5 Å². The lowest BCUT2D eigenvalue weighted by Gasteiger charge is -2.14. The third-order valence-electron chi connectivity index (χ3n) is 4.37. The molecule has 30 heavy (non-hydrogen) atoms. The molecular weight excluding hydrogens is 400 g/mol. The molecule has 0 aliphatic carbocycles. The Labute approximate surface area is 180 Å². The van der Waals surface area contributed by atoms with E-state index in [0.717, 1.165) is 28.3 Å². The number of nitrogens with zero attached hydrogens (tertiary/aromatic N) is 1. The minimum absolute atomic E-state index is 0.0535. The molecule has 0 spiro atoms. The van der Waals surface area contributed by atoms with Crippen LogP contribution in [-0.2, 0) is 6.42 Å². The van der Waals surface area contributed by atoms with Gasteiger partial charge in [-0.2, -0.15) is 0 Å². The number of benzene rings is 2. The third kappa shape index (κ3) is 5.51. The Bertz CT molecular complexity index is 983. The Hall–Kier alpha value is -3.06. The number of amides is 1. The monoisotopic (exact) mass is 426 g/mol. The molecule has 0 aliphatic rings. The lowest BCUT2D eigenvalue weighted by atomic mass is 10.1. The first-order chi connectivity index (χ1) is 14.5. The van der Waals surface area contributed by atoms with E-state index < -0.39 is 0 Å². The van der Waals surface area contributed by atoms with E-state index in [9.17, 15) is 4.79 Å². The average Bonchev–Trinajstić information content (AvgIpc) is 3.24. The zero-order valence-electron chi connectivity index (χ0n) is 17.6. The molecule has 0 bridgehead atoms. The summed E-state index contributed by atoms with van der Waals surface area (Å²) in [5.41, 5.74) is 2.42. The largest absolute Gasteiger partial charge is 0.497 e. The van der Waals surface area contributed by atoms with E-state index in [0.29, 0.717) is 23.7 Å². The maximum Gasteiger partial charge on any atom is 0.270 e. The van der Waals surface area contributed by atoms with E-state index in [-0.39, 0.29) is 12.0 Å². The van der Waals surface area contributed by atoms with E-state index in [4.69, 9.17) is 14.2 Å². The first-order valence-electron chi connectivity index (χ1n) is 9.72. The van der Waals surface area contributed by atoms with Crippen LogP contribution in [0.15, 0.2) is 47.8 Å². The molecule has 1 heterocycles. The van der Waals surface area contributed by atoms with Crippen molar-refractivity contribution in [2.45, 2.75) is 26.4 Å². The molecule has 2 aromatic carbocycles. The van der Waals surface area contributed by atoms with Crippen LogP contribution in [0.2, 0.25) is 0 Å². The van der Waals surface area contributed by atoms with Crippen molar-refractivity contribution in [2.24, 2.45) is 0 Å². The van der Waals surface area contributed by atoms with Crippen molar-refractivity contribution < 1.29 is 19.0 Å². The number of rotatable bonds is 9. The summed E-state index contributed by atoms with van der Waals surface area (Å²) in [4.78, 5) is 16.9. The topological polar surface area (TPSA) is 69.7 Å². The second-order valence-electron chi connectivity index (χ2n) is 6.92. The first-order valence-corrected chi connectivity index (χ1v) is 10.6. The highest BCUT2D eigenvalue weighted by Crippen LogP contribution is 2.34. The lowest BCUT2D eigenvalue weighted by molar-refractivity contribution is 0.0950. The van der Waals surface area contributed by atoms with E-state index in [2.05, 4.69) is 10.3 Å². The van der Waals surface area contributed by atoms with E-state index in [1.165, 1.54) is 11.3 Å². The minimum Gasteiger partial charge on any atom is -0.497 e. The summed E-state index contributed by atoms with van der Waals surface area (Å²) in [5, 5.41) is 5.44. The number of methoxy groups -OCH3 is 2. The van der Waals surface area contributed by atoms with Gasteiger partial charge in [0, 0.05) is 17.5 Å². The zero-order chi connectivity index (χ0) is 21.5. The van der Waals surface area contributed by atoms with E-state index in [1.807, 2.05) is 56.3 Å². The summed E-state index contributed by atoms with van der Waals surface area (Å²) in [6, 6.07) is 13.5. The predicted octanol–water partition coefficient (Wildman–Crippen LogP) is 4.59. The summed E-state index contributed by atoms with van der Waals surface area (Å²) in [7, 11) is 3.25. The maximum absolute atomic E-state index is 12.4. The Kier molecular flexibility index (Phi) is 7.30. The maximum atomic E-state index is 12.4. The number of nitrogens with one attached hydrogen (secondary N) is 1. The highest BCUT2D eigenvalue weighted by atomic mass is 32.1. The molecule has 3 aromatic rings. The minimum atomic E-state index is -0.183. The fourth-order valence-electron chi connectivity index (χ4n) is 2.87. The number of thiazole rings is 1. The van der Waals surface area contributed by atoms with Crippen molar-refractivity contribution in [1.82, 2.24) is 10.3 Å². The zero-order valence-corrected chi connectivity index (χ0v) is 18.4. The smallest absolute Gasteiger partial charge is 0.270 e. The average molecular weight is 427 g/mol. The quantitative estimate of drug-likeness (QED) is 0.542. The number of hydrogen-bond donors (Lipinski definition) is 1. The molecule has 0 unspecified atom stereocenters. The molecule has 0 radical (unpaired) electrons. The van der Waals surface area contributed by atoms with Gasteiger partial charge in [0.2, 0.25) is 0 Å². The number of carbonyl (C=O) groups excluding carboxylic acids is 1. The Morgan fingerprint density at radius 2 is 1.83 bits per heavy atom. The first kappa shape index (κ1) is 21.6.